The first-order chi connectivity index (χ1) is 16.1. The number of amides is 1. The number of nitrogens with one attached hydrogen (secondary N) is 1. The molecule has 5 rings (SSSR count). The normalized spacial score (nSPS) is 10.7. The van der Waals surface area contributed by atoms with Crippen molar-refractivity contribution in [3.05, 3.63) is 96.4 Å². The van der Waals surface area contributed by atoms with Crippen LogP contribution in [0.1, 0.15) is 15.9 Å². The summed E-state index contributed by atoms with van der Waals surface area (Å²) in [7, 11) is 1.76. The van der Waals surface area contributed by atoms with Crippen molar-refractivity contribution < 1.29 is 4.79 Å². The van der Waals surface area contributed by atoms with Crippen LogP contribution in [0.3, 0.4) is 0 Å². The Hall–Kier alpha value is -4.76. The number of hydrogen-bond donors (Lipinski definition) is 1. The second-order valence-corrected chi connectivity index (χ2v) is 7.53. The molecule has 0 atom stereocenters. The summed E-state index contributed by atoms with van der Waals surface area (Å²) in [5.41, 5.74) is 4.27. The summed E-state index contributed by atoms with van der Waals surface area (Å²) < 4.78 is 0. The molecule has 0 fully saturated rings. The fourth-order valence-electron chi connectivity index (χ4n) is 3.75. The van der Waals surface area contributed by atoms with Gasteiger partial charge in [0, 0.05) is 46.5 Å². The molecule has 6 heteroatoms. The quantitative estimate of drug-likeness (QED) is 0.315. The lowest BCUT2D eigenvalue weighted by atomic mass is 10.1. The molecule has 0 saturated heterocycles. The van der Waals surface area contributed by atoms with E-state index in [1.165, 1.54) is 6.33 Å². The molecule has 0 saturated carbocycles. The zero-order chi connectivity index (χ0) is 22.8. The van der Waals surface area contributed by atoms with E-state index in [4.69, 9.17) is 11.4 Å². The maximum absolute atomic E-state index is 13.1. The number of pyridine rings is 1. The highest BCUT2D eigenvalue weighted by atomic mass is 16.2. The first kappa shape index (κ1) is 20.2. The van der Waals surface area contributed by atoms with Crippen LogP contribution < -0.4 is 10.2 Å². The molecule has 0 aliphatic carbocycles. The smallest absolute Gasteiger partial charge is 0.258 e. The van der Waals surface area contributed by atoms with Crippen LogP contribution in [-0.4, -0.2) is 27.9 Å². The Morgan fingerprint density at radius 1 is 1.00 bits per heavy atom. The van der Waals surface area contributed by atoms with Crippen molar-refractivity contribution in [2.45, 2.75) is 0 Å². The number of fused-ring (bicyclic) bond motifs is 3. The molecule has 3 aromatic carbocycles. The zero-order valence-electron chi connectivity index (χ0n) is 17.9. The molecule has 2 aromatic heterocycles. The summed E-state index contributed by atoms with van der Waals surface area (Å²) in [4.78, 5) is 28.2. The lowest BCUT2D eigenvalue weighted by Crippen LogP contribution is -2.26. The first-order valence-electron chi connectivity index (χ1n) is 10.3. The monoisotopic (exact) mass is 429 g/mol. The third-order valence-corrected chi connectivity index (χ3v) is 5.44. The van der Waals surface area contributed by atoms with E-state index in [9.17, 15) is 4.79 Å². The molecule has 2 heterocycles. The maximum Gasteiger partial charge on any atom is 0.258 e. The van der Waals surface area contributed by atoms with Gasteiger partial charge in [0.25, 0.3) is 5.91 Å². The van der Waals surface area contributed by atoms with Crippen molar-refractivity contribution in [1.82, 2.24) is 15.0 Å². The van der Waals surface area contributed by atoms with Crippen molar-refractivity contribution in [3.63, 3.8) is 0 Å². The van der Waals surface area contributed by atoms with Gasteiger partial charge in [-0.3, -0.25) is 4.79 Å². The highest BCUT2D eigenvalue weighted by molar-refractivity contribution is 6.12. The number of rotatable bonds is 4. The van der Waals surface area contributed by atoms with E-state index in [0.29, 0.717) is 22.4 Å². The Labute approximate surface area is 190 Å². The molecule has 0 bridgehead atoms. The zero-order valence-corrected chi connectivity index (χ0v) is 17.9. The van der Waals surface area contributed by atoms with E-state index < -0.39 is 0 Å². The Bertz CT molecular complexity index is 1540. The highest BCUT2D eigenvalue weighted by Gasteiger charge is 2.16. The van der Waals surface area contributed by atoms with Gasteiger partial charge in [-0.25, -0.2) is 15.0 Å². The molecule has 0 unspecified atom stereocenters. The summed E-state index contributed by atoms with van der Waals surface area (Å²) in [5, 5.41) is 5.03. The molecule has 0 spiro atoms. The molecular formula is C27H19N5O. The van der Waals surface area contributed by atoms with E-state index in [1.54, 1.807) is 24.2 Å². The van der Waals surface area contributed by atoms with Gasteiger partial charge in [0.15, 0.2) is 5.82 Å². The average molecular weight is 429 g/mol. The van der Waals surface area contributed by atoms with Gasteiger partial charge >= 0.3 is 0 Å². The van der Waals surface area contributed by atoms with Gasteiger partial charge in [-0.2, -0.15) is 0 Å². The summed E-state index contributed by atoms with van der Waals surface area (Å²) in [6, 6.07) is 22.5. The minimum absolute atomic E-state index is 0.120. The van der Waals surface area contributed by atoms with Crippen LogP contribution in [0.15, 0.2) is 85.3 Å². The number of nitrogens with zero attached hydrogens (tertiary/aromatic N) is 4. The minimum Gasteiger partial charge on any atom is -0.338 e. The number of terminal acetylenes is 1. The predicted molar refractivity (Wildman–Crippen MR) is 132 cm³/mol. The van der Waals surface area contributed by atoms with Crippen molar-refractivity contribution in [2.75, 3.05) is 17.3 Å². The molecular weight excluding hydrogens is 410 g/mol. The second-order valence-electron chi connectivity index (χ2n) is 7.53. The summed E-state index contributed by atoms with van der Waals surface area (Å²) in [6.45, 7) is 0. The van der Waals surface area contributed by atoms with Gasteiger partial charge in [0.2, 0.25) is 0 Å². The van der Waals surface area contributed by atoms with Gasteiger partial charge in [0.05, 0.1) is 5.52 Å². The van der Waals surface area contributed by atoms with Crippen molar-refractivity contribution in [2.24, 2.45) is 0 Å². The number of carbonyl (C=O) groups is 1. The van der Waals surface area contributed by atoms with E-state index in [2.05, 4.69) is 21.2 Å². The third-order valence-electron chi connectivity index (χ3n) is 5.44. The third kappa shape index (κ3) is 3.84. The lowest BCUT2D eigenvalue weighted by Gasteiger charge is -2.18. The Kier molecular flexibility index (Phi) is 5.13. The average Bonchev–Trinajstić information content (AvgIpc) is 2.88. The summed E-state index contributed by atoms with van der Waals surface area (Å²) in [5.74, 6) is 3.08. The molecule has 33 heavy (non-hydrogen) atoms. The van der Waals surface area contributed by atoms with Gasteiger partial charge in [-0.15, -0.1) is 6.42 Å². The number of carbonyl (C=O) groups excluding carboxylic acids is 1. The van der Waals surface area contributed by atoms with E-state index >= 15 is 0 Å². The van der Waals surface area contributed by atoms with Crippen LogP contribution in [0.2, 0.25) is 0 Å². The Morgan fingerprint density at radius 2 is 1.85 bits per heavy atom. The van der Waals surface area contributed by atoms with Crippen molar-refractivity contribution in [3.8, 4) is 12.3 Å². The molecule has 0 radical (unpaired) electrons. The molecule has 1 N–H and O–H groups in total. The van der Waals surface area contributed by atoms with Gasteiger partial charge in [-0.05, 0) is 42.5 Å². The first-order valence-corrected chi connectivity index (χ1v) is 10.3. The molecule has 1 amide bonds. The van der Waals surface area contributed by atoms with E-state index in [0.717, 1.165) is 27.7 Å². The standard InChI is InChI=1S/C27H19N5O/c1-3-18-8-7-9-20(14-18)30-26-25-23(16-28-17-29-25)22-13-12-19(15-24(22)31-26)27(33)32(2)21-10-5-4-6-11-21/h1,4-17H,2H3,(H,30,31). The fraction of sp³-hybridized carbons (Fsp3) is 0.0370. The SMILES string of the molecule is C#Cc1cccc(Nc2nc3cc(C(=O)N(C)c4ccccc4)ccc3c3cncnc23)c1. The maximum atomic E-state index is 13.1. The molecule has 0 aliphatic heterocycles. The van der Waals surface area contributed by atoms with E-state index in [1.807, 2.05) is 66.7 Å². The van der Waals surface area contributed by atoms with Crippen LogP contribution in [-0.2, 0) is 0 Å². The Morgan fingerprint density at radius 3 is 2.67 bits per heavy atom. The van der Waals surface area contributed by atoms with Gasteiger partial charge < -0.3 is 10.2 Å². The molecule has 5 aromatic rings. The van der Waals surface area contributed by atoms with Crippen molar-refractivity contribution in [1.29, 1.82) is 0 Å². The molecule has 158 valence electrons. The van der Waals surface area contributed by atoms with Crippen LogP contribution in [0, 0.1) is 12.3 Å². The van der Waals surface area contributed by atoms with Gasteiger partial charge in [-0.1, -0.05) is 36.3 Å². The van der Waals surface area contributed by atoms with Crippen LogP contribution in [0.4, 0.5) is 17.2 Å². The topological polar surface area (TPSA) is 71.0 Å². The number of benzene rings is 3. The summed E-state index contributed by atoms with van der Waals surface area (Å²) in [6.07, 6.45) is 8.79. The number of para-hydroxylation sites is 1. The molecule has 0 aliphatic rings. The number of hydrogen-bond acceptors (Lipinski definition) is 5. The van der Waals surface area contributed by atoms with Crippen LogP contribution in [0.5, 0.6) is 0 Å². The number of anilines is 3. The minimum atomic E-state index is -0.120. The Balaban J connectivity index is 1.60. The lowest BCUT2D eigenvalue weighted by molar-refractivity contribution is 0.0993. The fourth-order valence-corrected chi connectivity index (χ4v) is 3.75. The van der Waals surface area contributed by atoms with E-state index in [-0.39, 0.29) is 5.91 Å². The number of aromatic nitrogens is 3. The predicted octanol–water partition coefficient (Wildman–Crippen LogP) is 5.18. The second kappa shape index (κ2) is 8.40. The van der Waals surface area contributed by atoms with Crippen molar-refractivity contribution >= 4 is 44.9 Å². The van der Waals surface area contributed by atoms with Crippen LogP contribution in [0.25, 0.3) is 21.8 Å². The molecule has 6 nitrogen and oxygen atoms in total. The summed E-state index contributed by atoms with van der Waals surface area (Å²) >= 11 is 0. The van der Waals surface area contributed by atoms with Gasteiger partial charge in [0.1, 0.15) is 11.8 Å². The largest absolute Gasteiger partial charge is 0.338 e. The van der Waals surface area contributed by atoms with Crippen LogP contribution >= 0.6 is 0 Å². The highest BCUT2D eigenvalue weighted by Crippen LogP contribution is 2.30.